The highest BCUT2D eigenvalue weighted by Crippen LogP contribution is 2.29. The molecule has 0 fully saturated rings. The monoisotopic (exact) mass is 279 g/mol. The van der Waals surface area contributed by atoms with Gasteiger partial charge in [-0.05, 0) is 32.0 Å². The zero-order valence-corrected chi connectivity index (χ0v) is 10.8. The molecule has 0 saturated heterocycles. The first-order valence-electron chi connectivity index (χ1n) is 5.36. The normalized spacial score (nSPS) is 11.4. The van der Waals surface area contributed by atoms with E-state index in [9.17, 15) is 18.0 Å². The lowest BCUT2D eigenvalue weighted by Crippen LogP contribution is -2.34. The summed E-state index contributed by atoms with van der Waals surface area (Å²) in [5.74, 6) is -0.178. The third kappa shape index (κ3) is 3.91. The molecule has 0 spiro atoms. The van der Waals surface area contributed by atoms with Crippen molar-refractivity contribution < 1.29 is 18.0 Å². The number of nitrogens with zero attached hydrogens (tertiary/aromatic N) is 1. The standard InChI is InChI=1S/C12H13ClF3NO/c1-3-17(7-12(14,15)16)11-5-4-9(8(2)18)6-10(11)13/h4-6H,3,7H2,1-2H3. The molecular formula is C12H13ClF3NO. The van der Waals surface area contributed by atoms with Gasteiger partial charge in [0.2, 0.25) is 0 Å². The molecule has 2 nitrogen and oxygen atoms in total. The van der Waals surface area contributed by atoms with E-state index >= 15 is 0 Å². The van der Waals surface area contributed by atoms with Crippen molar-refractivity contribution in [2.24, 2.45) is 0 Å². The minimum absolute atomic E-state index is 0.147. The summed E-state index contributed by atoms with van der Waals surface area (Å²) in [6.45, 7) is 2.10. The highest BCUT2D eigenvalue weighted by molar-refractivity contribution is 6.33. The number of ketones is 1. The molecule has 18 heavy (non-hydrogen) atoms. The summed E-state index contributed by atoms with van der Waals surface area (Å²) in [6, 6.07) is 4.30. The lowest BCUT2D eigenvalue weighted by molar-refractivity contribution is -0.119. The maximum absolute atomic E-state index is 12.4. The van der Waals surface area contributed by atoms with Gasteiger partial charge >= 0.3 is 6.18 Å². The van der Waals surface area contributed by atoms with Crippen LogP contribution in [0.5, 0.6) is 0 Å². The predicted octanol–water partition coefficient (Wildman–Crippen LogP) is 3.93. The predicted molar refractivity (Wildman–Crippen MR) is 65.4 cm³/mol. The Labute approximate surface area is 108 Å². The molecule has 6 heteroatoms. The van der Waals surface area contributed by atoms with Gasteiger partial charge in [-0.25, -0.2) is 0 Å². The minimum Gasteiger partial charge on any atom is -0.362 e. The van der Waals surface area contributed by atoms with E-state index in [1.165, 1.54) is 25.1 Å². The number of hydrogen-bond acceptors (Lipinski definition) is 2. The Morgan fingerprint density at radius 2 is 2.00 bits per heavy atom. The maximum Gasteiger partial charge on any atom is 0.405 e. The number of halogens is 4. The van der Waals surface area contributed by atoms with E-state index in [4.69, 9.17) is 11.6 Å². The Morgan fingerprint density at radius 1 is 1.39 bits per heavy atom. The van der Waals surface area contributed by atoms with Crippen LogP contribution in [0.15, 0.2) is 18.2 Å². The van der Waals surface area contributed by atoms with Gasteiger partial charge in [0.1, 0.15) is 6.54 Å². The Kier molecular flexibility index (Phi) is 4.62. The van der Waals surface area contributed by atoms with E-state index in [0.717, 1.165) is 4.90 Å². The first-order valence-corrected chi connectivity index (χ1v) is 5.74. The van der Waals surface area contributed by atoms with Crippen LogP contribution in [0.3, 0.4) is 0 Å². The fourth-order valence-corrected chi connectivity index (χ4v) is 1.87. The molecule has 0 heterocycles. The highest BCUT2D eigenvalue weighted by Gasteiger charge is 2.31. The zero-order chi connectivity index (χ0) is 13.9. The van der Waals surface area contributed by atoms with Gasteiger partial charge in [0, 0.05) is 12.1 Å². The summed E-state index contributed by atoms with van der Waals surface area (Å²) in [4.78, 5) is 12.2. The number of alkyl halides is 3. The molecule has 0 aliphatic rings. The van der Waals surface area contributed by atoms with Gasteiger partial charge in [-0.2, -0.15) is 13.2 Å². The quantitative estimate of drug-likeness (QED) is 0.778. The van der Waals surface area contributed by atoms with Gasteiger partial charge in [0.15, 0.2) is 5.78 Å². The number of anilines is 1. The molecule has 0 atom stereocenters. The van der Waals surface area contributed by atoms with Crippen LogP contribution < -0.4 is 4.90 Å². The molecule has 1 aromatic rings. The lowest BCUT2D eigenvalue weighted by Gasteiger charge is -2.25. The van der Waals surface area contributed by atoms with Gasteiger partial charge in [0.25, 0.3) is 0 Å². The number of carbonyl (C=O) groups is 1. The lowest BCUT2D eigenvalue weighted by atomic mass is 10.1. The summed E-state index contributed by atoms with van der Waals surface area (Å²) in [5.41, 5.74) is 0.660. The van der Waals surface area contributed by atoms with Crippen LogP contribution in [-0.4, -0.2) is 25.0 Å². The highest BCUT2D eigenvalue weighted by atomic mass is 35.5. The molecule has 0 aliphatic heterocycles. The molecule has 1 rings (SSSR count). The van der Waals surface area contributed by atoms with E-state index in [0.29, 0.717) is 5.56 Å². The number of benzene rings is 1. The van der Waals surface area contributed by atoms with E-state index in [2.05, 4.69) is 0 Å². The van der Waals surface area contributed by atoms with Crippen molar-refractivity contribution in [1.82, 2.24) is 0 Å². The first-order chi connectivity index (χ1) is 8.24. The molecular weight excluding hydrogens is 267 g/mol. The van der Waals surface area contributed by atoms with Gasteiger partial charge in [0.05, 0.1) is 10.7 Å². The van der Waals surface area contributed by atoms with Crippen molar-refractivity contribution in [1.29, 1.82) is 0 Å². The SMILES string of the molecule is CCN(CC(F)(F)F)c1ccc(C(C)=O)cc1Cl. The fraction of sp³-hybridized carbons (Fsp3) is 0.417. The molecule has 0 aliphatic carbocycles. The van der Waals surface area contributed by atoms with Crippen molar-refractivity contribution in [3.8, 4) is 0 Å². The zero-order valence-electron chi connectivity index (χ0n) is 10.0. The molecule has 1 aromatic carbocycles. The van der Waals surface area contributed by atoms with E-state index in [1.807, 2.05) is 0 Å². The van der Waals surface area contributed by atoms with Crippen LogP contribution in [0, 0.1) is 0 Å². The molecule has 0 amide bonds. The number of rotatable bonds is 4. The van der Waals surface area contributed by atoms with Crippen LogP contribution >= 0.6 is 11.6 Å². The van der Waals surface area contributed by atoms with Crippen molar-refractivity contribution >= 4 is 23.1 Å². The fourth-order valence-electron chi connectivity index (χ4n) is 1.57. The van der Waals surface area contributed by atoms with E-state index in [1.54, 1.807) is 6.92 Å². The summed E-state index contributed by atoms with van der Waals surface area (Å²) < 4.78 is 37.1. The van der Waals surface area contributed by atoms with Gasteiger partial charge in [-0.3, -0.25) is 4.79 Å². The van der Waals surface area contributed by atoms with Gasteiger partial charge < -0.3 is 4.90 Å². The molecule has 0 radical (unpaired) electrons. The van der Waals surface area contributed by atoms with Gasteiger partial charge in [-0.1, -0.05) is 11.6 Å². The van der Waals surface area contributed by atoms with Crippen LogP contribution in [0.4, 0.5) is 18.9 Å². The second-order valence-electron chi connectivity index (χ2n) is 3.85. The van der Waals surface area contributed by atoms with Crippen LogP contribution in [0.25, 0.3) is 0 Å². The largest absolute Gasteiger partial charge is 0.405 e. The van der Waals surface area contributed by atoms with Crippen molar-refractivity contribution in [2.45, 2.75) is 20.0 Å². The summed E-state index contributed by atoms with van der Waals surface area (Å²) in [5, 5.41) is 0.147. The van der Waals surface area contributed by atoms with Gasteiger partial charge in [-0.15, -0.1) is 0 Å². The third-order valence-corrected chi connectivity index (χ3v) is 2.75. The molecule has 0 aromatic heterocycles. The molecule has 100 valence electrons. The molecule has 0 saturated carbocycles. The first kappa shape index (κ1) is 14.8. The van der Waals surface area contributed by atoms with E-state index in [-0.39, 0.29) is 23.0 Å². The summed E-state index contributed by atoms with van der Waals surface area (Å²) in [7, 11) is 0. The number of carbonyl (C=O) groups excluding carboxylic acids is 1. The average Bonchev–Trinajstić information content (AvgIpc) is 2.24. The van der Waals surface area contributed by atoms with Crippen molar-refractivity contribution in [3.63, 3.8) is 0 Å². The Bertz CT molecular complexity index is 445. The average molecular weight is 280 g/mol. The number of hydrogen-bond donors (Lipinski definition) is 0. The van der Waals surface area contributed by atoms with Crippen molar-refractivity contribution in [3.05, 3.63) is 28.8 Å². The second kappa shape index (κ2) is 5.61. The smallest absolute Gasteiger partial charge is 0.362 e. The second-order valence-corrected chi connectivity index (χ2v) is 4.26. The Balaban J connectivity index is 3.04. The molecule has 0 bridgehead atoms. The van der Waals surface area contributed by atoms with Crippen molar-refractivity contribution in [2.75, 3.05) is 18.0 Å². The molecule has 0 N–H and O–H groups in total. The van der Waals surface area contributed by atoms with Crippen LogP contribution in [0.2, 0.25) is 5.02 Å². The van der Waals surface area contributed by atoms with Crippen LogP contribution in [-0.2, 0) is 0 Å². The van der Waals surface area contributed by atoms with Crippen LogP contribution in [0.1, 0.15) is 24.2 Å². The molecule has 0 unspecified atom stereocenters. The summed E-state index contributed by atoms with van der Waals surface area (Å²) in [6.07, 6.45) is -4.29. The van der Waals surface area contributed by atoms with E-state index < -0.39 is 12.7 Å². The maximum atomic E-state index is 12.4. The Hall–Kier alpha value is -1.23. The summed E-state index contributed by atoms with van der Waals surface area (Å²) >= 11 is 5.91. The number of Topliss-reactive ketones (excluding diaryl/α,β-unsaturated/α-hetero) is 1. The third-order valence-electron chi connectivity index (χ3n) is 2.45. The topological polar surface area (TPSA) is 20.3 Å². The minimum atomic E-state index is -4.29. The Morgan fingerprint density at radius 3 is 2.39 bits per heavy atom.